The molecule has 112 valence electrons. The molecule has 0 fully saturated rings. The summed E-state index contributed by atoms with van der Waals surface area (Å²) in [6, 6.07) is 19.7. The van der Waals surface area contributed by atoms with Crippen molar-refractivity contribution in [3.05, 3.63) is 71.8 Å². The Morgan fingerprint density at radius 2 is 1.14 bits per heavy atom. The van der Waals surface area contributed by atoms with Crippen LogP contribution < -0.4 is 0 Å². The molecule has 0 spiro atoms. The molecule has 0 N–H and O–H groups in total. The van der Waals surface area contributed by atoms with Gasteiger partial charge in [0.25, 0.3) is 0 Å². The molecule has 0 saturated heterocycles. The molecule has 0 heterocycles. The smallest absolute Gasteiger partial charge is 0.141 e. The first-order valence-electron chi connectivity index (χ1n) is 7.43. The van der Waals surface area contributed by atoms with Crippen LogP contribution in [0.1, 0.15) is 25.0 Å². The highest BCUT2D eigenvalue weighted by Gasteiger charge is 2.04. The Kier molecular flexibility index (Phi) is 8.81. The van der Waals surface area contributed by atoms with Crippen LogP contribution in [0.5, 0.6) is 0 Å². The maximum atomic E-state index is 11.8. The number of ketones is 1. The number of carbonyl (C=O) groups excluding carboxylic acids is 1. The molecule has 21 heavy (non-hydrogen) atoms. The fourth-order valence-electron chi connectivity index (χ4n) is 1.91. The zero-order valence-corrected chi connectivity index (χ0v) is 12.9. The van der Waals surface area contributed by atoms with Crippen LogP contribution in [0.4, 0.5) is 0 Å². The van der Waals surface area contributed by atoms with Gasteiger partial charge in [0.15, 0.2) is 0 Å². The highest BCUT2D eigenvalue weighted by Crippen LogP contribution is 2.05. The monoisotopic (exact) mass is 284 g/mol. The molecule has 0 bridgehead atoms. The van der Waals surface area contributed by atoms with Crippen molar-refractivity contribution in [2.45, 2.75) is 26.7 Å². The zero-order valence-electron chi connectivity index (χ0n) is 12.9. The summed E-state index contributed by atoms with van der Waals surface area (Å²) in [4.78, 5) is 11.8. The third-order valence-electron chi connectivity index (χ3n) is 2.90. The Morgan fingerprint density at radius 3 is 1.43 bits per heavy atom. The number of benzene rings is 2. The van der Waals surface area contributed by atoms with E-state index in [0.29, 0.717) is 12.8 Å². The lowest BCUT2D eigenvalue weighted by Crippen LogP contribution is -2.06. The number of Topliss-reactive ketones (excluding diaryl/α,β-unsaturated/α-hetero) is 1. The second-order valence-corrected chi connectivity index (χ2v) is 4.64. The molecule has 2 aromatic carbocycles. The number of hydrogen-bond acceptors (Lipinski definition) is 2. The molecule has 2 rings (SSSR count). The van der Waals surface area contributed by atoms with Crippen LogP contribution in [0.2, 0.25) is 0 Å². The average Bonchev–Trinajstić information content (AvgIpc) is 2.50. The summed E-state index contributed by atoms with van der Waals surface area (Å²) in [5.41, 5.74) is 2.17. The van der Waals surface area contributed by atoms with Crippen LogP contribution in [-0.4, -0.2) is 19.0 Å². The van der Waals surface area contributed by atoms with Gasteiger partial charge < -0.3 is 4.74 Å². The Morgan fingerprint density at radius 1 is 0.762 bits per heavy atom. The van der Waals surface area contributed by atoms with Crippen molar-refractivity contribution < 1.29 is 9.53 Å². The topological polar surface area (TPSA) is 26.3 Å². The van der Waals surface area contributed by atoms with Gasteiger partial charge in [-0.25, -0.2) is 0 Å². The number of carbonyl (C=O) groups is 1. The van der Waals surface area contributed by atoms with Gasteiger partial charge in [-0.2, -0.15) is 0 Å². The molecule has 0 aliphatic heterocycles. The standard InChI is InChI=1S/C15H14O.C4H10O/c16-15(11-13-7-3-1-4-8-13)12-14-9-5-2-6-10-14;1-3-5-4-2/h1-10H,11-12H2;3-4H2,1-2H3. The van der Waals surface area contributed by atoms with Gasteiger partial charge in [0.2, 0.25) is 0 Å². The van der Waals surface area contributed by atoms with Crippen LogP contribution >= 0.6 is 0 Å². The molecular formula is C19H24O2. The molecule has 0 aliphatic rings. The Bertz CT molecular complexity index is 446. The van der Waals surface area contributed by atoms with E-state index in [9.17, 15) is 4.79 Å². The van der Waals surface area contributed by atoms with Gasteiger partial charge >= 0.3 is 0 Å². The molecular weight excluding hydrogens is 260 g/mol. The molecule has 0 aliphatic carbocycles. The van der Waals surface area contributed by atoms with E-state index in [1.54, 1.807) is 0 Å². The Labute approximate surface area is 127 Å². The van der Waals surface area contributed by atoms with Crippen LogP contribution in [-0.2, 0) is 22.4 Å². The first-order chi connectivity index (χ1) is 10.3. The van der Waals surface area contributed by atoms with E-state index in [2.05, 4.69) is 0 Å². The molecule has 2 heteroatoms. The van der Waals surface area contributed by atoms with E-state index in [1.165, 1.54) is 0 Å². The molecule has 0 atom stereocenters. The van der Waals surface area contributed by atoms with E-state index in [1.807, 2.05) is 74.5 Å². The van der Waals surface area contributed by atoms with Crippen molar-refractivity contribution in [1.29, 1.82) is 0 Å². The summed E-state index contributed by atoms with van der Waals surface area (Å²) in [6.45, 7) is 5.67. The third kappa shape index (κ3) is 8.05. The molecule has 2 nitrogen and oxygen atoms in total. The summed E-state index contributed by atoms with van der Waals surface area (Å²) >= 11 is 0. The van der Waals surface area contributed by atoms with E-state index in [-0.39, 0.29) is 5.78 Å². The second kappa shape index (κ2) is 10.8. The molecule has 0 amide bonds. The molecule has 0 aromatic heterocycles. The van der Waals surface area contributed by atoms with Crippen LogP contribution in [0.15, 0.2) is 60.7 Å². The van der Waals surface area contributed by atoms with Gasteiger partial charge in [0.1, 0.15) is 5.78 Å². The van der Waals surface area contributed by atoms with E-state index >= 15 is 0 Å². The molecule has 0 radical (unpaired) electrons. The van der Waals surface area contributed by atoms with Crippen molar-refractivity contribution in [3.8, 4) is 0 Å². The van der Waals surface area contributed by atoms with Gasteiger partial charge in [-0.05, 0) is 25.0 Å². The number of hydrogen-bond donors (Lipinski definition) is 0. The SMILES string of the molecule is CCOCC.O=C(Cc1ccccc1)Cc1ccccc1. The fraction of sp³-hybridized carbons (Fsp3) is 0.316. The summed E-state index contributed by atoms with van der Waals surface area (Å²) in [6.07, 6.45) is 1.05. The van der Waals surface area contributed by atoms with Crippen molar-refractivity contribution >= 4 is 5.78 Å². The fourth-order valence-corrected chi connectivity index (χ4v) is 1.91. The van der Waals surface area contributed by atoms with E-state index < -0.39 is 0 Å². The van der Waals surface area contributed by atoms with E-state index in [0.717, 1.165) is 24.3 Å². The lowest BCUT2D eigenvalue weighted by atomic mass is 10.0. The van der Waals surface area contributed by atoms with Gasteiger partial charge in [-0.3, -0.25) is 4.79 Å². The minimum atomic E-state index is 0.261. The van der Waals surface area contributed by atoms with Crippen LogP contribution in [0.25, 0.3) is 0 Å². The highest BCUT2D eigenvalue weighted by atomic mass is 16.5. The normalized spacial score (nSPS) is 9.62. The first-order valence-corrected chi connectivity index (χ1v) is 7.43. The maximum absolute atomic E-state index is 11.8. The van der Waals surface area contributed by atoms with Gasteiger partial charge in [-0.1, -0.05) is 60.7 Å². The van der Waals surface area contributed by atoms with Crippen molar-refractivity contribution in [2.24, 2.45) is 0 Å². The minimum absolute atomic E-state index is 0.261. The van der Waals surface area contributed by atoms with Gasteiger partial charge in [-0.15, -0.1) is 0 Å². The number of ether oxygens (including phenoxy) is 1. The van der Waals surface area contributed by atoms with Crippen molar-refractivity contribution in [3.63, 3.8) is 0 Å². The Hall–Kier alpha value is -1.93. The third-order valence-corrected chi connectivity index (χ3v) is 2.90. The molecule has 2 aromatic rings. The quantitative estimate of drug-likeness (QED) is 0.799. The van der Waals surface area contributed by atoms with Gasteiger partial charge in [0, 0.05) is 26.1 Å². The second-order valence-electron chi connectivity index (χ2n) is 4.64. The first kappa shape index (κ1) is 17.1. The lowest BCUT2D eigenvalue weighted by Gasteiger charge is -2.01. The van der Waals surface area contributed by atoms with Crippen molar-refractivity contribution in [1.82, 2.24) is 0 Å². The van der Waals surface area contributed by atoms with Crippen LogP contribution in [0.3, 0.4) is 0 Å². The molecule has 0 saturated carbocycles. The summed E-state index contributed by atoms with van der Waals surface area (Å²) in [5.74, 6) is 0.261. The van der Waals surface area contributed by atoms with Gasteiger partial charge in [0.05, 0.1) is 0 Å². The largest absolute Gasteiger partial charge is 0.382 e. The average molecular weight is 284 g/mol. The van der Waals surface area contributed by atoms with E-state index in [4.69, 9.17) is 4.74 Å². The highest BCUT2D eigenvalue weighted by molar-refractivity contribution is 5.83. The summed E-state index contributed by atoms with van der Waals surface area (Å²) in [5, 5.41) is 0. The van der Waals surface area contributed by atoms with Crippen LogP contribution in [0, 0.1) is 0 Å². The molecule has 0 unspecified atom stereocenters. The lowest BCUT2D eigenvalue weighted by molar-refractivity contribution is -0.117. The summed E-state index contributed by atoms with van der Waals surface area (Å²) < 4.78 is 4.83. The predicted octanol–water partition coefficient (Wildman–Crippen LogP) is 4.08. The summed E-state index contributed by atoms with van der Waals surface area (Å²) in [7, 11) is 0. The Balaban J connectivity index is 0.000000383. The maximum Gasteiger partial charge on any atom is 0.141 e. The number of rotatable bonds is 6. The predicted molar refractivity (Wildman–Crippen MR) is 87.5 cm³/mol. The van der Waals surface area contributed by atoms with Crippen molar-refractivity contribution in [2.75, 3.05) is 13.2 Å². The zero-order chi connectivity index (χ0) is 15.3. The minimum Gasteiger partial charge on any atom is -0.382 e.